The van der Waals surface area contributed by atoms with Gasteiger partial charge in [-0.2, -0.15) is 14.5 Å². The molecule has 0 saturated carbocycles. The molecule has 0 aliphatic heterocycles. The molecule has 0 aliphatic rings. The van der Waals surface area contributed by atoms with Gasteiger partial charge in [0.1, 0.15) is 0 Å². The number of anilines is 3. The van der Waals surface area contributed by atoms with Crippen LogP contribution in [-0.2, 0) is 0 Å². The summed E-state index contributed by atoms with van der Waals surface area (Å²) in [5.41, 5.74) is 3.20. The van der Waals surface area contributed by atoms with Crippen molar-refractivity contribution in [3.05, 3.63) is 65.6 Å². The van der Waals surface area contributed by atoms with E-state index in [1.54, 1.807) is 18.3 Å². The van der Waals surface area contributed by atoms with Crippen molar-refractivity contribution in [2.75, 3.05) is 17.7 Å². The number of hydrogen-bond donors (Lipinski definition) is 3. The number of carbonyl (C=O) groups is 1. The lowest BCUT2D eigenvalue weighted by Gasteiger charge is -2.06. The minimum atomic E-state index is -0.340. The number of aromatic nitrogens is 6. The minimum absolute atomic E-state index is 0.193. The van der Waals surface area contributed by atoms with Gasteiger partial charge in [0.2, 0.25) is 5.13 Å². The second-order valence-electron chi connectivity index (χ2n) is 6.80. The molecule has 0 radical (unpaired) electrons. The van der Waals surface area contributed by atoms with Gasteiger partial charge >= 0.3 is 6.01 Å². The molecule has 33 heavy (non-hydrogen) atoms. The number of nitrogens with one attached hydrogen (secondary N) is 3. The highest BCUT2D eigenvalue weighted by Gasteiger charge is 2.13. The third-order valence-corrected chi connectivity index (χ3v) is 5.72. The van der Waals surface area contributed by atoms with Crippen molar-refractivity contribution in [1.82, 2.24) is 29.5 Å². The fourth-order valence-electron chi connectivity index (χ4n) is 3.06. The van der Waals surface area contributed by atoms with E-state index in [0.717, 1.165) is 16.5 Å². The van der Waals surface area contributed by atoms with Crippen LogP contribution >= 0.6 is 23.1 Å². The molecule has 0 unspecified atom stereocenters. The molecule has 0 aliphatic carbocycles. The number of amides is 1. The van der Waals surface area contributed by atoms with Crippen molar-refractivity contribution >= 4 is 56.4 Å². The Morgan fingerprint density at radius 1 is 1.15 bits per heavy atom. The summed E-state index contributed by atoms with van der Waals surface area (Å²) in [7, 11) is 1.46. The third-order valence-electron chi connectivity index (χ3n) is 4.68. The summed E-state index contributed by atoms with van der Waals surface area (Å²) in [5, 5.41) is 14.9. The Bertz CT molecular complexity index is 1450. The number of halogens is 1. The molecule has 164 valence electrons. The Balaban J connectivity index is 1.32. The van der Waals surface area contributed by atoms with Crippen LogP contribution in [0.2, 0.25) is 5.02 Å². The van der Waals surface area contributed by atoms with Crippen molar-refractivity contribution in [3.63, 3.8) is 0 Å². The lowest BCUT2D eigenvalue weighted by Crippen LogP contribution is -2.12. The standard InChI is InChI=1S/C21H15ClN8O2S/c1-32-20-23-8-12(9-24-20)19(31)26-13-4-2-3-11(7-13)18-28-21(33-30-18)27-16-6-5-15-14(17(16)22)10-25-29-15/h2-10H,1H3,(H,25,29)(H,26,31)(H,27,28,30). The van der Waals surface area contributed by atoms with Gasteiger partial charge in [-0.3, -0.25) is 9.89 Å². The first-order valence-electron chi connectivity index (χ1n) is 9.61. The first-order chi connectivity index (χ1) is 16.1. The first-order valence-corrected chi connectivity index (χ1v) is 10.8. The molecule has 0 saturated heterocycles. The van der Waals surface area contributed by atoms with Crippen LogP contribution in [0.1, 0.15) is 10.4 Å². The van der Waals surface area contributed by atoms with E-state index in [9.17, 15) is 4.79 Å². The number of nitrogens with zero attached hydrogens (tertiary/aromatic N) is 5. The average Bonchev–Trinajstić information content (AvgIpc) is 3.51. The van der Waals surface area contributed by atoms with E-state index < -0.39 is 0 Å². The fourth-order valence-corrected chi connectivity index (χ4v) is 3.93. The molecule has 3 N–H and O–H groups in total. The summed E-state index contributed by atoms with van der Waals surface area (Å²) in [5.74, 6) is 0.180. The molecule has 10 nitrogen and oxygen atoms in total. The van der Waals surface area contributed by atoms with Crippen LogP contribution in [0.4, 0.5) is 16.5 Å². The van der Waals surface area contributed by atoms with Crippen molar-refractivity contribution in [2.24, 2.45) is 0 Å². The van der Waals surface area contributed by atoms with Crippen LogP contribution < -0.4 is 15.4 Å². The maximum absolute atomic E-state index is 12.5. The fraction of sp³-hybridized carbons (Fsp3) is 0.0476. The van der Waals surface area contributed by atoms with E-state index in [1.165, 1.54) is 31.0 Å². The Hall–Kier alpha value is -4.09. The molecule has 3 aromatic heterocycles. The molecule has 0 spiro atoms. The van der Waals surface area contributed by atoms with Gasteiger partial charge in [0, 0.05) is 40.6 Å². The molecule has 12 heteroatoms. The third kappa shape index (κ3) is 4.31. The van der Waals surface area contributed by atoms with Gasteiger partial charge < -0.3 is 15.4 Å². The Morgan fingerprint density at radius 3 is 2.82 bits per heavy atom. The number of fused-ring (bicyclic) bond motifs is 1. The molecule has 0 atom stereocenters. The molecule has 2 aromatic carbocycles. The minimum Gasteiger partial charge on any atom is -0.467 e. The molecule has 1 amide bonds. The summed E-state index contributed by atoms with van der Waals surface area (Å²) >= 11 is 7.68. The van der Waals surface area contributed by atoms with E-state index >= 15 is 0 Å². The highest BCUT2D eigenvalue weighted by Crippen LogP contribution is 2.33. The number of carbonyl (C=O) groups excluding carboxylic acids is 1. The topological polar surface area (TPSA) is 131 Å². The Morgan fingerprint density at radius 2 is 2.00 bits per heavy atom. The zero-order valence-corrected chi connectivity index (χ0v) is 18.6. The molecule has 3 heterocycles. The zero-order chi connectivity index (χ0) is 22.8. The number of benzene rings is 2. The van der Waals surface area contributed by atoms with Crippen LogP contribution in [0, 0.1) is 0 Å². The van der Waals surface area contributed by atoms with Crippen LogP contribution in [0.25, 0.3) is 22.3 Å². The molecule has 5 rings (SSSR count). The Kier molecular flexibility index (Phi) is 5.55. The van der Waals surface area contributed by atoms with Crippen LogP contribution in [0.5, 0.6) is 6.01 Å². The van der Waals surface area contributed by atoms with Crippen LogP contribution in [0.3, 0.4) is 0 Å². The molecule has 5 aromatic rings. The summed E-state index contributed by atoms with van der Waals surface area (Å²) < 4.78 is 9.33. The largest absolute Gasteiger partial charge is 0.467 e. The highest BCUT2D eigenvalue weighted by atomic mass is 35.5. The number of H-pyrrole nitrogens is 1. The van der Waals surface area contributed by atoms with E-state index in [-0.39, 0.29) is 11.9 Å². The quantitative estimate of drug-likeness (QED) is 0.324. The predicted octanol–water partition coefficient (Wildman–Crippen LogP) is 4.53. The van der Waals surface area contributed by atoms with E-state index in [4.69, 9.17) is 16.3 Å². The van der Waals surface area contributed by atoms with Gasteiger partial charge in [0.25, 0.3) is 5.91 Å². The zero-order valence-electron chi connectivity index (χ0n) is 17.0. The molecule has 0 bridgehead atoms. The monoisotopic (exact) mass is 478 g/mol. The molecule has 0 fully saturated rings. The van der Waals surface area contributed by atoms with E-state index in [2.05, 4.69) is 40.2 Å². The maximum Gasteiger partial charge on any atom is 0.316 e. The number of ether oxygens (including phenoxy) is 1. The summed E-state index contributed by atoms with van der Waals surface area (Å²) in [6.45, 7) is 0. The summed E-state index contributed by atoms with van der Waals surface area (Å²) in [6, 6.07) is 11.2. The predicted molar refractivity (Wildman–Crippen MR) is 126 cm³/mol. The number of rotatable bonds is 6. The highest BCUT2D eigenvalue weighted by molar-refractivity contribution is 7.10. The SMILES string of the molecule is COc1ncc(C(=O)Nc2cccc(-c3nsc(Nc4ccc5[nH]ncc5c4Cl)n3)c2)cn1. The van der Waals surface area contributed by atoms with Crippen molar-refractivity contribution in [3.8, 4) is 17.4 Å². The number of hydrogen-bond acceptors (Lipinski definition) is 9. The lowest BCUT2D eigenvalue weighted by molar-refractivity contribution is 0.102. The van der Waals surface area contributed by atoms with Gasteiger partial charge in [-0.25, -0.2) is 9.97 Å². The lowest BCUT2D eigenvalue weighted by atomic mass is 10.2. The number of methoxy groups -OCH3 is 1. The van der Waals surface area contributed by atoms with Gasteiger partial charge in [-0.1, -0.05) is 23.7 Å². The van der Waals surface area contributed by atoms with Gasteiger partial charge in [0.05, 0.1) is 35.1 Å². The first kappa shape index (κ1) is 20.8. The van der Waals surface area contributed by atoms with Gasteiger partial charge in [0.15, 0.2) is 5.82 Å². The van der Waals surface area contributed by atoms with Gasteiger partial charge in [-0.15, -0.1) is 0 Å². The number of aromatic amines is 1. The van der Waals surface area contributed by atoms with Crippen molar-refractivity contribution in [2.45, 2.75) is 0 Å². The maximum atomic E-state index is 12.5. The van der Waals surface area contributed by atoms with Crippen molar-refractivity contribution < 1.29 is 9.53 Å². The van der Waals surface area contributed by atoms with Crippen LogP contribution in [-0.4, -0.2) is 42.5 Å². The molecular weight excluding hydrogens is 464 g/mol. The normalized spacial score (nSPS) is 10.8. The summed E-state index contributed by atoms with van der Waals surface area (Å²) in [4.78, 5) is 24.9. The Labute approximate surface area is 196 Å². The second kappa shape index (κ2) is 8.81. The van der Waals surface area contributed by atoms with E-state index in [1.807, 2.05) is 24.3 Å². The van der Waals surface area contributed by atoms with Crippen LogP contribution in [0.15, 0.2) is 55.0 Å². The second-order valence-corrected chi connectivity index (χ2v) is 7.93. The van der Waals surface area contributed by atoms with Gasteiger partial charge in [-0.05, 0) is 24.3 Å². The molecular formula is C21H15ClN8O2S. The average molecular weight is 479 g/mol. The van der Waals surface area contributed by atoms with Crippen molar-refractivity contribution in [1.29, 1.82) is 0 Å². The van der Waals surface area contributed by atoms with E-state index in [0.29, 0.717) is 32.9 Å². The summed E-state index contributed by atoms with van der Waals surface area (Å²) in [6.07, 6.45) is 4.47. The smallest absolute Gasteiger partial charge is 0.316 e.